The molecular weight excluding hydrogens is 252 g/mol. The summed E-state index contributed by atoms with van der Waals surface area (Å²) in [6, 6.07) is 0. The van der Waals surface area contributed by atoms with Crippen molar-refractivity contribution in [1.82, 2.24) is 0 Å². The summed E-state index contributed by atoms with van der Waals surface area (Å²) in [6.07, 6.45) is 15.3. The lowest BCUT2D eigenvalue weighted by atomic mass is 9.52. The third-order valence-corrected chi connectivity index (χ3v) is 7.98. The molecule has 4 aliphatic carbocycles. The smallest absolute Gasteiger partial charge is 0.0392 e. The molecule has 0 heterocycles. The fraction of sp³-hybridized carbons (Fsp3) is 0.889. The van der Waals surface area contributed by atoms with Crippen molar-refractivity contribution in [3.8, 4) is 0 Å². The summed E-state index contributed by atoms with van der Waals surface area (Å²) in [5.74, 6) is 3.92. The Balaban J connectivity index is 1.63. The van der Waals surface area contributed by atoms with Crippen LogP contribution in [0.1, 0.15) is 64.7 Å². The Morgan fingerprint density at radius 3 is 2.89 bits per heavy atom. The van der Waals surface area contributed by atoms with Crippen molar-refractivity contribution in [3.63, 3.8) is 0 Å². The van der Waals surface area contributed by atoms with Gasteiger partial charge in [-0.25, -0.2) is 0 Å². The van der Waals surface area contributed by atoms with E-state index in [0.717, 1.165) is 23.7 Å². The number of allylic oxidation sites excluding steroid dienone is 2. The second-order valence-electron chi connectivity index (χ2n) is 7.88. The average molecular weight is 279 g/mol. The largest absolute Gasteiger partial charge is 0.122 e. The Kier molecular flexibility index (Phi) is 3.03. The van der Waals surface area contributed by atoms with E-state index < -0.39 is 0 Å². The quantitative estimate of drug-likeness (QED) is 0.402. The molecule has 4 rings (SSSR count). The molecule has 3 fully saturated rings. The Morgan fingerprint density at radius 2 is 2.00 bits per heavy atom. The highest BCUT2D eigenvalue weighted by Gasteiger charge is 2.55. The molecule has 1 unspecified atom stereocenters. The first-order chi connectivity index (χ1) is 9.20. The van der Waals surface area contributed by atoms with Gasteiger partial charge in [-0.05, 0) is 86.9 Å². The van der Waals surface area contributed by atoms with Crippen LogP contribution in [0.3, 0.4) is 0 Å². The molecule has 0 amide bonds. The molecular formula is C18H27Cl. The van der Waals surface area contributed by atoms with Crippen LogP contribution in [0, 0.1) is 29.1 Å². The molecule has 0 spiro atoms. The fourth-order valence-corrected chi connectivity index (χ4v) is 6.64. The van der Waals surface area contributed by atoms with E-state index >= 15 is 0 Å². The Hall–Kier alpha value is 0.0300. The van der Waals surface area contributed by atoms with Gasteiger partial charge in [0.2, 0.25) is 0 Å². The van der Waals surface area contributed by atoms with Crippen LogP contribution in [0.5, 0.6) is 0 Å². The first-order valence-electron chi connectivity index (χ1n) is 8.53. The molecule has 0 radical (unpaired) electrons. The molecule has 0 aromatic heterocycles. The second kappa shape index (κ2) is 4.52. The van der Waals surface area contributed by atoms with Crippen LogP contribution < -0.4 is 0 Å². The molecule has 0 aliphatic heterocycles. The van der Waals surface area contributed by atoms with Crippen LogP contribution in [-0.4, -0.2) is 5.38 Å². The van der Waals surface area contributed by atoms with Gasteiger partial charge in [-0.1, -0.05) is 18.6 Å². The van der Waals surface area contributed by atoms with Crippen LogP contribution in [0.4, 0.5) is 0 Å². The van der Waals surface area contributed by atoms with E-state index in [0.29, 0.717) is 10.8 Å². The van der Waals surface area contributed by atoms with Gasteiger partial charge in [-0.15, -0.1) is 11.6 Å². The van der Waals surface area contributed by atoms with Crippen molar-refractivity contribution < 1.29 is 0 Å². The maximum absolute atomic E-state index is 6.68. The lowest BCUT2D eigenvalue weighted by Crippen LogP contribution is -2.46. The van der Waals surface area contributed by atoms with Gasteiger partial charge in [0.05, 0.1) is 0 Å². The van der Waals surface area contributed by atoms with E-state index in [1.807, 2.05) is 5.57 Å². The second-order valence-corrected chi connectivity index (χ2v) is 8.41. The SMILES string of the molecule is C[C@]12CC[C@@H]3C4CCCC=C4CC[C@H]3[C@@H]1CC[C@H]2Cl. The van der Waals surface area contributed by atoms with Gasteiger partial charge in [0, 0.05) is 5.38 Å². The molecule has 0 nitrogen and oxygen atoms in total. The predicted molar refractivity (Wildman–Crippen MR) is 81.3 cm³/mol. The highest BCUT2D eigenvalue weighted by molar-refractivity contribution is 6.21. The van der Waals surface area contributed by atoms with Crippen LogP contribution in [0.15, 0.2) is 11.6 Å². The number of fused-ring (bicyclic) bond motifs is 5. The van der Waals surface area contributed by atoms with Crippen LogP contribution >= 0.6 is 11.6 Å². The van der Waals surface area contributed by atoms with Crippen molar-refractivity contribution >= 4 is 11.6 Å². The monoisotopic (exact) mass is 278 g/mol. The highest BCUT2D eigenvalue weighted by atomic mass is 35.5. The normalized spacial score (nSPS) is 52.9. The zero-order valence-electron chi connectivity index (χ0n) is 12.2. The first-order valence-corrected chi connectivity index (χ1v) is 8.97. The van der Waals surface area contributed by atoms with Gasteiger partial charge in [0.25, 0.3) is 0 Å². The molecule has 4 aliphatic rings. The zero-order chi connectivity index (χ0) is 13.0. The summed E-state index contributed by atoms with van der Waals surface area (Å²) in [4.78, 5) is 0. The number of halogens is 1. The Morgan fingerprint density at radius 1 is 1.11 bits per heavy atom. The number of hydrogen-bond acceptors (Lipinski definition) is 0. The number of alkyl halides is 1. The van der Waals surface area contributed by atoms with E-state index in [4.69, 9.17) is 11.6 Å². The number of rotatable bonds is 0. The van der Waals surface area contributed by atoms with Crippen LogP contribution in [-0.2, 0) is 0 Å². The standard InChI is InChI=1S/C18H27Cl/c1-18-11-10-14-13-5-3-2-4-12(13)6-7-15(14)16(18)8-9-17(18)19/h4,13-17H,2-3,5-11H2,1H3/t13?,14-,15-,16+,17-,18+/m1/s1. The highest BCUT2D eigenvalue weighted by Crippen LogP contribution is 2.62. The van der Waals surface area contributed by atoms with E-state index in [1.54, 1.807) is 0 Å². The minimum absolute atomic E-state index is 0.460. The van der Waals surface area contributed by atoms with E-state index in [1.165, 1.54) is 57.8 Å². The van der Waals surface area contributed by atoms with E-state index in [2.05, 4.69) is 13.0 Å². The van der Waals surface area contributed by atoms with Gasteiger partial charge in [0.1, 0.15) is 0 Å². The van der Waals surface area contributed by atoms with Gasteiger partial charge in [-0.2, -0.15) is 0 Å². The van der Waals surface area contributed by atoms with Crippen molar-refractivity contribution in [2.75, 3.05) is 0 Å². The van der Waals surface area contributed by atoms with Crippen molar-refractivity contribution in [2.24, 2.45) is 29.1 Å². The summed E-state index contributed by atoms with van der Waals surface area (Å²) in [5, 5.41) is 0.460. The van der Waals surface area contributed by atoms with E-state index in [-0.39, 0.29) is 0 Å². The van der Waals surface area contributed by atoms with Crippen molar-refractivity contribution in [1.29, 1.82) is 0 Å². The maximum atomic E-state index is 6.68. The van der Waals surface area contributed by atoms with E-state index in [9.17, 15) is 0 Å². The predicted octanol–water partition coefficient (Wildman–Crippen LogP) is 5.56. The Bertz CT molecular complexity index is 398. The molecule has 0 saturated heterocycles. The summed E-state index contributed by atoms with van der Waals surface area (Å²) in [6.45, 7) is 2.50. The lowest BCUT2D eigenvalue weighted by molar-refractivity contribution is 0.000287. The molecule has 19 heavy (non-hydrogen) atoms. The molecule has 1 heteroatoms. The number of hydrogen-bond donors (Lipinski definition) is 0. The Labute approximate surface area is 123 Å². The van der Waals surface area contributed by atoms with Crippen molar-refractivity contribution in [2.45, 2.75) is 70.1 Å². The molecule has 3 saturated carbocycles. The average Bonchev–Trinajstić information content (AvgIpc) is 2.75. The van der Waals surface area contributed by atoms with Gasteiger partial charge < -0.3 is 0 Å². The van der Waals surface area contributed by atoms with Gasteiger partial charge >= 0.3 is 0 Å². The lowest BCUT2D eigenvalue weighted by Gasteiger charge is -2.53. The summed E-state index contributed by atoms with van der Waals surface area (Å²) in [7, 11) is 0. The molecule has 106 valence electrons. The zero-order valence-corrected chi connectivity index (χ0v) is 13.0. The van der Waals surface area contributed by atoms with Gasteiger partial charge in [0.15, 0.2) is 0 Å². The topological polar surface area (TPSA) is 0 Å². The van der Waals surface area contributed by atoms with Crippen molar-refractivity contribution in [3.05, 3.63) is 11.6 Å². The minimum Gasteiger partial charge on any atom is -0.122 e. The van der Waals surface area contributed by atoms with Crippen LogP contribution in [0.25, 0.3) is 0 Å². The summed E-state index contributed by atoms with van der Waals surface area (Å²) >= 11 is 6.68. The fourth-order valence-electron chi connectivity index (χ4n) is 6.24. The summed E-state index contributed by atoms with van der Waals surface area (Å²) in [5.41, 5.74) is 2.31. The minimum atomic E-state index is 0.460. The molecule has 6 atom stereocenters. The van der Waals surface area contributed by atoms with Gasteiger partial charge in [-0.3, -0.25) is 0 Å². The molecule has 0 N–H and O–H groups in total. The van der Waals surface area contributed by atoms with Crippen LogP contribution in [0.2, 0.25) is 0 Å². The molecule has 0 aromatic carbocycles. The summed E-state index contributed by atoms with van der Waals surface area (Å²) < 4.78 is 0. The third kappa shape index (κ3) is 1.78. The maximum Gasteiger partial charge on any atom is 0.0392 e. The molecule has 0 aromatic rings. The first kappa shape index (κ1) is 12.7. The third-order valence-electron chi connectivity index (χ3n) is 7.26. The molecule has 0 bridgehead atoms.